The molecule has 1 aromatic rings. The average Bonchev–Trinajstić information content (AvgIpc) is 2.80. The molecule has 1 aliphatic heterocycles. The van der Waals surface area contributed by atoms with Crippen molar-refractivity contribution in [1.82, 2.24) is 9.88 Å². The van der Waals surface area contributed by atoms with Crippen molar-refractivity contribution in [3.8, 4) is 0 Å². The van der Waals surface area contributed by atoms with Crippen LogP contribution < -0.4 is 0 Å². The van der Waals surface area contributed by atoms with Gasteiger partial charge in [0.2, 0.25) is 12.2 Å². The van der Waals surface area contributed by atoms with Crippen molar-refractivity contribution >= 4 is 12.2 Å². The number of oxazole rings is 1. The van der Waals surface area contributed by atoms with Gasteiger partial charge < -0.3 is 9.32 Å². The highest BCUT2D eigenvalue weighted by Gasteiger charge is 2.14. The minimum atomic E-state index is 0.125. The van der Waals surface area contributed by atoms with E-state index in [1.54, 1.807) is 4.90 Å². The van der Waals surface area contributed by atoms with E-state index in [-0.39, 0.29) is 5.89 Å². The lowest BCUT2D eigenvalue weighted by molar-refractivity contribution is -0.126. The Balaban J connectivity index is 0.000000140. The number of nitrogens with zero attached hydrogens (tertiary/aromatic N) is 2. The van der Waals surface area contributed by atoms with E-state index >= 15 is 0 Å². The molecule has 0 aromatic carbocycles. The fourth-order valence-electron chi connectivity index (χ4n) is 1.08. The highest BCUT2D eigenvalue weighted by Crippen LogP contribution is 2.04. The third-order valence-electron chi connectivity index (χ3n) is 1.86. The number of rotatable bonds is 1. The Morgan fingerprint density at radius 3 is 2.64 bits per heavy atom. The van der Waals surface area contributed by atoms with Gasteiger partial charge in [-0.05, 0) is 6.42 Å². The molecule has 2 rings (SSSR count). The maximum absolute atomic E-state index is 10.5. The summed E-state index contributed by atoms with van der Waals surface area (Å²) in [4.78, 5) is 25.5. The molecular formula is C9H12N2O3. The van der Waals surface area contributed by atoms with Crippen molar-refractivity contribution in [2.45, 2.75) is 12.8 Å². The topological polar surface area (TPSA) is 63.4 Å². The van der Waals surface area contributed by atoms with E-state index < -0.39 is 0 Å². The number of hydrogen-bond donors (Lipinski definition) is 0. The largest absolute Gasteiger partial charge is 0.443 e. The molecule has 1 saturated heterocycles. The zero-order valence-electron chi connectivity index (χ0n) is 7.97. The quantitative estimate of drug-likeness (QED) is 0.621. The van der Waals surface area contributed by atoms with Gasteiger partial charge in [-0.25, -0.2) is 4.98 Å². The maximum atomic E-state index is 10.5. The van der Waals surface area contributed by atoms with E-state index in [4.69, 9.17) is 0 Å². The summed E-state index contributed by atoms with van der Waals surface area (Å²) in [6.07, 6.45) is 5.14. The van der Waals surface area contributed by atoms with Gasteiger partial charge >= 0.3 is 0 Å². The SMILES string of the molecule is CN1CCCC1=O.O=Cc1ncco1. The van der Waals surface area contributed by atoms with Gasteiger partial charge in [-0.15, -0.1) is 0 Å². The van der Waals surface area contributed by atoms with Crippen molar-refractivity contribution in [3.05, 3.63) is 18.4 Å². The second kappa shape index (κ2) is 5.16. The molecule has 0 unspecified atom stereocenters. The van der Waals surface area contributed by atoms with Crippen molar-refractivity contribution in [2.24, 2.45) is 0 Å². The highest BCUT2D eigenvalue weighted by atomic mass is 16.3. The summed E-state index contributed by atoms with van der Waals surface area (Å²) in [6, 6.07) is 0. The first-order valence-electron chi connectivity index (χ1n) is 4.32. The molecule has 1 aliphatic rings. The van der Waals surface area contributed by atoms with Crippen molar-refractivity contribution < 1.29 is 14.0 Å². The van der Waals surface area contributed by atoms with Crippen LogP contribution in [-0.4, -0.2) is 35.7 Å². The van der Waals surface area contributed by atoms with E-state index in [1.165, 1.54) is 12.5 Å². The average molecular weight is 196 g/mol. The maximum Gasteiger partial charge on any atom is 0.259 e. The zero-order valence-corrected chi connectivity index (χ0v) is 7.97. The molecule has 14 heavy (non-hydrogen) atoms. The fraction of sp³-hybridized carbons (Fsp3) is 0.444. The summed E-state index contributed by atoms with van der Waals surface area (Å²) in [5.41, 5.74) is 0. The van der Waals surface area contributed by atoms with Crippen molar-refractivity contribution in [1.29, 1.82) is 0 Å². The van der Waals surface area contributed by atoms with Gasteiger partial charge in [-0.3, -0.25) is 9.59 Å². The monoisotopic (exact) mass is 196 g/mol. The first kappa shape index (κ1) is 10.4. The third-order valence-corrected chi connectivity index (χ3v) is 1.86. The number of aromatic nitrogens is 1. The van der Waals surface area contributed by atoms with Crippen LogP contribution in [0.25, 0.3) is 0 Å². The Hall–Kier alpha value is -1.65. The Kier molecular flexibility index (Phi) is 3.84. The summed E-state index contributed by atoms with van der Waals surface area (Å²) in [6.45, 7) is 0.957. The Bertz CT molecular complexity index is 295. The first-order valence-corrected chi connectivity index (χ1v) is 4.32. The molecule has 0 radical (unpaired) electrons. The second-order valence-corrected chi connectivity index (χ2v) is 2.91. The fourth-order valence-corrected chi connectivity index (χ4v) is 1.08. The number of hydrogen-bond acceptors (Lipinski definition) is 4. The summed E-state index contributed by atoms with van der Waals surface area (Å²) >= 11 is 0. The van der Waals surface area contributed by atoms with Gasteiger partial charge in [0, 0.05) is 20.0 Å². The highest BCUT2D eigenvalue weighted by molar-refractivity contribution is 5.77. The molecule has 0 atom stereocenters. The Labute approximate surface area is 81.7 Å². The minimum Gasteiger partial charge on any atom is -0.443 e. The summed E-state index contributed by atoms with van der Waals surface area (Å²) < 4.78 is 4.50. The van der Waals surface area contributed by atoms with Crippen LogP contribution in [0.4, 0.5) is 0 Å². The van der Waals surface area contributed by atoms with Crippen LogP contribution in [-0.2, 0) is 4.79 Å². The zero-order chi connectivity index (χ0) is 10.4. The van der Waals surface area contributed by atoms with Gasteiger partial charge in [0.05, 0.1) is 6.20 Å². The standard InChI is InChI=1S/C5H9NO.C4H3NO2/c1-6-4-2-3-5(6)7;6-3-4-5-1-2-7-4/h2-4H2,1H3;1-3H. The predicted molar refractivity (Wildman–Crippen MR) is 48.8 cm³/mol. The minimum absolute atomic E-state index is 0.125. The number of carbonyl (C=O) groups is 2. The molecular weight excluding hydrogens is 184 g/mol. The summed E-state index contributed by atoms with van der Waals surface area (Å²) in [7, 11) is 1.84. The van der Waals surface area contributed by atoms with Crippen LogP contribution in [0.2, 0.25) is 0 Å². The lowest BCUT2D eigenvalue weighted by Gasteiger charge is -2.03. The first-order chi connectivity index (χ1) is 6.74. The number of carbonyl (C=O) groups excluding carboxylic acids is 2. The lowest BCUT2D eigenvalue weighted by atomic mass is 10.4. The normalized spacial score (nSPS) is 14.9. The van der Waals surface area contributed by atoms with Crippen LogP contribution in [0.15, 0.2) is 16.9 Å². The predicted octanol–water partition coefficient (Wildman–Crippen LogP) is 0.726. The molecule has 0 aliphatic carbocycles. The van der Waals surface area contributed by atoms with Gasteiger partial charge in [0.15, 0.2) is 0 Å². The van der Waals surface area contributed by atoms with E-state index in [0.29, 0.717) is 12.2 Å². The van der Waals surface area contributed by atoms with Gasteiger partial charge in [-0.2, -0.15) is 0 Å². The van der Waals surface area contributed by atoms with E-state index in [0.717, 1.165) is 19.4 Å². The molecule has 1 amide bonds. The third kappa shape index (κ3) is 3.01. The van der Waals surface area contributed by atoms with Gasteiger partial charge in [0.25, 0.3) is 5.89 Å². The molecule has 5 nitrogen and oxygen atoms in total. The van der Waals surface area contributed by atoms with Crippen LogP contribution >= 0.6 is 0 Å². The molecule has 0 spiro atoms. The molecule has 0 saturated carbocycles. The summed E-state index contributed by atoms with van der Waals surface area (Å²) in [5.74, 6) is 0.417. The molecule has 76 valence electrons. The number of amides is 1. The van der Waals surface area contributed by atoms with Crippen molar-refractivity contribution in [3.63, 3.8) is 0 Å². The van der Waals surface area contributed by atoms with Gasteiger partial charge in [0.1, 0.15) is 6.26 Å². The van der Waals surface area contributed by atoms with E-state index in [9.17, 15) is 9.59 Å². The Morgan fingerprint density at radius 1 is 1.64 bits per heavy atom. The molecule has 5 heteroatoms. The molecule has 0 N–H and O–H groups in total. The van der Waals surface area contributed by atoms with E-state index in [2.05, 4.69) is 9.40 Å². The smallest absolute Gasteiger partial charge is 0.259 e. The van der Waals surface area contributed by atoms with E-state index in [1.807, 2.05) is 7.05 Å². The van der Waals surface area contributed by atoms with Crippen LogP contribution in [0.3, 0.4) is 0 Å². The van der Waals surface area contributed by atoms with Crippen LogP contribution in [0, 0.1) is 0 Å². The van der Waals surface area contributed by atoms with Crippen molar-refractivity contribution in [2.75, 3.05) is 13.6 Å². The summed E-state index contributed by atoms with van der Waals surface area (Å²) in [5, 5.41) is 0. The number of aldehydes is 1. The molecule has 0 bridgehead atoms. The van der Waals surface area contributed by atoms with Crippen LogP contribution in [0.1, 0.15) is 23.5 Å². The molecule has 1 aromatic heterocycles. The molecule has 2 heterocycles. The van der Waals surface area contributed by atoms with Crippen LogP contribution in [0.5, 0.6) is 0 Å². The lowest BCUT2D eigenvalue weighted by Crippen LogP contribution is -2.17. The van der Waals surface area contributed by atoms with Gasteiger partial charge in [-0.1, -0.05) is 0 Å². The second-order valence-electron chi connectivity index (χ2n) is 2.91. The number of likely N-dealkylation sites (tertiary alicyclic amines) is 1. The Morgan fingerprint density at radius 2 is 2.43 bits per heavy atom. The molecule has 1 fully saturated rings.